The van der Waals surface area contributed by atoms with Gasteiger partial charge in [0.05, 0.1) is 23.2 Å². The van der Waals surface area contributed by atoms with Gasteiger partial charge in [0.25, 0.3) is 11.8 Å². The highest BCUT2D eigenvalue weighted by atomic mass is 35.5. The van der Waals surface area contributed by atoms with E-state index in [1.54, 1.807) is 38.5 Å². The molecular weight excluding hydrogens is 482 g/mol. The minimum atomic E-state index is -0.438. The number of nitrogens with one attached hydrogen (secondary N) is 2. The normalized spacial score (nSPS) is 11.7. The quantitative estimate of drug-likeness (QED) is 0.303. The van der Waals surface area contributed by atoms with Gasteiger partial charge in [-0.15, -0.1) is 0 Å². The summed E-state index contributed by atoms with van der Waals surface area (Å²) in [7, 11) is 3.33. The molecule has 4 rings (SSSR count). The monoisotopic (exact) mass is 507 g/mol. The van der Waals surface area contributed by atoms with Gasteiger partial charge in [-0.1, -0.05) is 54.0 Å². The second-order valence-corrected chi connectivity index (χ2v) is 8.54. The maximum Gasteiger partial charge on any atom is 0.263 e. The number of halogens is 1. The van der Waals surface area contributed by atoms with Crippen molar-refractivity contribution >= 4 is 35.0 Å². The van der Waals surface area contributed by atoms with Crippen LogP contribution in [0.15, 0.2) is 59.3 Å². The van der Waals surface area contributed by atoms with Crippen molar-refractivity contribution in [3.05, 3.63) is 76.7 Å². The van der Waals surface area contributed by atoms with E-state index in [1.165, 1.54) is 4.90 Å². The SMILES string of the molecule is CCc1noc(-c2cnc(Nc3ccc(C(=O)N(C)C)c(Cl)c3)nc2N[C@H](CO)c2ccccc2)n1. The molecule has 0 saturated heterocycles. The van der Waals surface area contributed by atoms with Gasteiger partial charge in [-0.25, -0.2) is 4.98 Å². The lowest BCUT2D eigenvalue weighted by molar-refractivity contribution is 0.0828. The van der Waals surface area contributed by atoms with Crippen LogP contribution in [0.4, 0.5) is 17.5 Å². The second-order valence-electron chi connectivity index (χ2n) is 8.13. The molecule has 36 heavy (non-hydrogen) atoms. The van der Waals surface area contributed by atoms with Crippen LogP contribution >= 0.6 is 11.6 Å². The van der Waals surface area contributed by atoms with Crippen molar-refractivity contribution in [1.82, 2.24) is 25.0 Å². The number of aromatic nitrogens is 4. The van der Waals surface area contributed by atoms with Crippen molar-refractivity contribution in [2.24, 2.45) is 0 Å². The number of aryl methyl sites for hydroxylation is 1. The van der Waals surface area contributed by atoms with Gasteiger partial charge >= 0.3 is 0 Å². The third-order valence-corrected chi connectivity index (χ3v) is 5.67. The third-order valence-electron chi connectivity index (χ3n) is 5.36. The first kappa shape index (κ1) is 25.1. The molecule has 2 heterocycles. The van der Waals surface area contributed by atoms with Crippen molar-refractivity contribution in [2.75, 3.05) is 31.3 Å². The Kier molecular flexibility index (Phi) is 7.77. The highest BCUT2D eigenvalue weighted by Gasteiger charge is 2.20. The van der Waals surface area contributed by atoms with Crippen LogP contribution < -0.4 is 10.6 Å². The fourth-order valence-corrected chi connectivity index (χ4v) is 3.70. The first-order valence-electron chi connectivity index (χ1n) is 11.3. The molecule has 2 aromatic carbocycles. The molecule has 0 radical (unpaired) electrons. The van der Waals surface area contributed by atoms with Crippen molar-refractivity contribution < 1.29 is 14.4 Å². The maximum absolute atomic E-state index is 12.3. The van der Waals surface area contributed by atoms with E-state index in [2.05, 4.69) is 30.7 Å². The van der Waals surface area contributed by atoms with Crippen molar-refractivity contribution in [3.63, 3.8) is 0 Å². The smallest absolute Gasteiger partial charge is 0.263 e. The Morgan fingerprint density at radius 1 is 1.17 bits per heavy atom. The molecule has 4 aromatic rings. The Morgan fingerprint density at radius 3 is 2.58 bits per heavy atom. The molecule has 1 atom stereocenters. The van der Waals surface area contributed by atoms with E-state index in [0.717, 1.165) is 5.56 Å². The third kappa shape index (κ3) is 5.61. The minimum Gasteiger partial charge on any atom is -0.394 e. The van der Waals surface area contributed by atoms with E-state index in [4.69, 9.17) is 16.1 Å². The molecule has 186 valence electrons. The number of hydrogen-bond donors (Lipinski definition) is 3. The molecule has 3 N–H and O–H groups in total. The Balaban J connectivity index is 1.67. The summed E-state index contributed by atoms with van der Waals surface area (Å²) in [4.78, 5) is 27.1. The molecule has 0 bridgehead atoms. The number of aliphatic hydroxyl groups excluding tert-OH is 1. The van der Waals surface area contributed by atoms with E-state index in [0.29, 0.717) is 39.9 Å². The number of rotatable bonds is 9. The van der Waals surface area contributed by atoms with Crippen LogP contribution in [0.5, 0.6) is 0 Å². The number of aliphatic hydroxyl groups is 1. The van der Waals surface area contributed by atoms with Crippen molar-refractivity contribution in [3.8, 4) is 11.5 Å². The van der Waals surface area contributed by atoms with Crippen LogP contribution in [0.3, 0.4) is 0 Å². The first-order valence-corrected chi connectivity index (χ1v) is 11.7. The number of carbonyl (C=O) groups excluding carboxylic acids is 1. The molecule has 0 aliphatic carbocycles. The van der Waals surface area contributed by atoms with Crippen molar-refractivity contribution in [2.45, 2.75) is 19.4 Å². The first-order chi connectivity index (χ1) is 17.4. The Labute approximate surface area is 213 Å². The average Bonchev–Trinajstić information content (AvgIpc) is 3.37. The molecule has 0 spiro atoms. The zero-order valence-corrected chi connectivity index (χ0v) is 20.8. The topological polar surface area (TPSA) is 129 Å². The van der Waals surface area contributed by atoms with E-state index < -0.39 is 6.04 Å². The fraction of sp³-hybridized carbons (Fsp3) is 0.240. The molecule has 2 aromatic heterocycles. The van der Waals surface area contributed by atoms with Crippen LogP contribution in [0.25, 0.3) is 11.5 Å². The van der Waals surface area contributed by atoms with E-state index >= 15 is 0 Å². The molecule has 10 nitrogen and oxygen atoms in total. The summed E-state index contributed by atoms with van der Waals surface area (Å²) < 4.78 is 5.41. The summed E-state index contributed by atoms with van der Waals surface area (Å²) in [5.41, 5.74) is 2.36. The van der Waals surface area contributed by atoms with Gasteiger partial charge in [0, 0.05) is 32.4 Å². The van der Waals surface area contributed by atoms with E-state index in [1.807, 2.05) is 37.3 Å². The summed E-state index contributed by atoms with van der Waals surface area (Å²) >= 11 is 6.35. The van der Waals surface area contributed by atoms with Gasteiger partial charge in [0.1, 0.15) is 11.4 Å². The number of amides is 1. The summed E-state index contributed by atoms with van der Waals surface area (Å²) in [6.07, 6.45) is 2.18. The van der Waals surface area contributed by atoms with Gasteiger partial charge in [0.15, 0.2) is 5.82 Å². The van der Waals surface area contributed by atoms with Gasteiger partial charge in [0.2, 0.25) is 5.95 Å². The Morgan fingerprint density at radius 2 is 1.94 bits per heavy atom. The summed E-state index contributed by atoms with van der Waals surface area (Å²) in [6, 6.07) is 14.1. The molecule has 0 aliphatic rings. The van der Waals surface area contributed by atoms with Gasteiger partial charge in [-0.3, -0.25) is 4.79 Å². The molecule has 0 unspecified atom stereocenters. The van der Waals surface area contributed by atoms with Gasteiger partial charge in [-0.2, -0.15) is 9.97 Å². The number of hydrogen-bond acceptors (Lipinski definition) is 9. The van der Waals surface area contributed by atoms with Crippen LogP contribution in [0.1, 0.15) is 34.7 Å². The molecule has 0 saturated carbocycles. The predicted octanol–water partition coefficient (Wildman–Crippen LogP) is 4.33. The number of benzene rings is 2. The highest BCUT2D eigenvalue weighted by Crippen LogP contribution is 2.30. The zero-order chi connectivity index (χ0) is 25.7. The van der Waals surface area contributed by atoms with Crippen molar-refractivity contribution in [1.29, 1.82) is 0 Å². The molecule has 11 heteroatoms. The highest BCUT2D eigenvalue weighted by molar-refractivity contribution is 6.34. The summed E-state index contributed by atoms with van der Waals surface area (Å²) in [5.74, 6) is 1.29. The fourth-order valence-electron chi connectivity index (χ4n) is 3.44. The van der Waals surface area contributed by atoms with E-state index in [9.17, 15) is 9.90 Å². The molecule has 0 aliphatic heterocycles. The van der Waals surface area contributed by atoms with E-state index in [-0.39, 0.29) is 24.4 Å². The standard InChI is InChI=1S/C25H26ClN7O3/c1-4-21-30-23(36-32-21)18-13-27-25(28-16-10-11-17(19(26)12-16)24(35)33(2)3)31-22(18)29-20(14-34)15-8-6-5-7-9-15/h5-13,20,34H,4,14H2,1-3H3,(H2,27,28,29,31)/t20-/m1/s1. The van der Waals surface area contributed by atoms with Crippen LogP contribution in [0.2, 0.25) is 5.02 Å². The van der Waals surface area contributed by atoms with Crippen LogP contribution in [0, 0.1) is 0 Å². The number of nitrogens with zero attached hydrogens (tertiary/aromatic N) is 5. The van der Waals surface area contributed by atoms with Gasteiger partial charge in [-0.05, 0) is 23.8 Å². The van der Waals surface area contributed by atoms with Crippen LogP contribution in [-0.2, 0) is 6.42 Å². The summed E-state index contributed by atoms with van der Waals surface area (Å²) in [5, 5.41) is 20.7. The minimum absolute atomic E-state index is 0.169. The number of anilines is 3. The lowest BCUT2D eigenvalue weighted by atomic mass is 10.1. The van der Waals surface area contributed by atoms with Crippen LogP contribution in [-0.4, -0.2) is 56.7 Å². The largest absolute Gasteiger partial charge is 0.394 e. The Hall–Kier alpha value is -4.02. The average molecular weight is 508 g/mol. The van der Waals surface area contributed by atoms with Gasteiger partial charge < -0.3 is 25.2 Å². The Bertz CT molecular complexity index is 1340. The maximum atomic E-state index is 12.3. The molecular formula is C25H26ClN7O3. The second kappa shape index (κ2) is 11.1. The summed E-state index contributed by atoms with van der Waals surface area (Å²) in [6.45, 7) is 1.76. The lowest BCUT2D eigenvalue weighted by Crippen LogP contribution is -2.22. The zero-order valence-electron chi connectivity index (χ0n) is 20.1. The molecule has 0 fully saturated rings. The number of carbonyl (C=O) groups is 1. The molecule has 1 amide bonds. The lowest BCUT2D eigenvalue weighted by Gasteiger charge is -2.19. The predicted molar refractivity (Wildman–Crippen MR) is 137 cm³/mol.